The summed E-state index contributed by atoms with van der Waals surface area (Å²) in [5, 5.41) is 0. The Bertz CT molecular complexity index is 343. The Hall–Kier alpha value is 0.110. The van der Waals surface area contributed by atoms with E-state index < -0.39 is 7.82 Å². The predicted molar refractivity (Wildman–Crippen MR) is 126 cm³/mol. The standard InChI is InChI=1S/C24H51O4P/c1-4-7-10-13-14-15-18-21-24-28-29(25,26-22-19-16-11-8-5-2)27-23-20-17-12-9-6-3/h4-24H2,1-3H3. The Morgan fingerprint density at radius 1 is 0.414 bits per heavy atom. The van der Waals surface area contributed by atoms with Crippen LogP contribution >= 0.6 is 7.82 Å². The zero-order chi connectivity index (χ0) is 21.5. The third kappa shape index (κ3) is 21.1. The molecule has 4 nitrogen and oxygen atoms in total. The van der Waals surface area contributed by atoms with Gasteiger partial charge in [-0.1, -0.05) is 117 Å². The summed E-state index contributed by atoms with van der Waals surface area (Å²) in [5.41, 5.74) is 0. The molecule has 0 rings (SSSR count). The van der Waals surface area contributed by atoms with E-state index in [1.54, 1.807) is 0 Å². The first-order chi connectivity index (χ1) is 14.2. The van der Waals surface area contributed by atoms with E-state index >= 15 is 0 Å². The lowest BCUT2D eigenvalue weighted by molar-refractivity contribution is 0.108. The number of hydrogen-bond acceptors (Lipinski definition) is 4. The Balaban J connectivity index is 4.01. The molecule has 0 amide bonds. The molecule has 0 atom stereocenters. The van der Waals surface area contributed by atoms with E-state index in [0.29, 0.717) is 19.8 Å². The highest BCUT2D eigenvalue weighted by Gasteiger charge is 2.26. The average molecular weight is 435 g/mol. The Morgan fingerprint density at radius 3 is 0.931 bits per heavy atom. The third-order valence-corrected chi connectivity index (χ3v) is 6.74. The van der Waals surface area contributed by atoms with Gasteiger partial charge in [0.1, 0.15) is 0 Å². The van der Waals surface area contributed by atoms with E-state index in [0.717, 1.165) is 38.5 Å². The molecule has 176 valence electrons. The molecular formula is C24H51O4P. The summed E-state index contributed by atoms with van der Waals surface area (Å²) in [7, 11) is -3.40. The van der Waals surface area contributed by atoms with Gasteiger partial charge in [0.2, 0.25) is 0 Å². The van der Waals surface area contributed by atoms with Crippen LogP contribution in [0.15, 0.2) is 0 Å². The average Bonchev–Trinajstić information content (AvgIpc) is 2.72. The maximum atomic E-state index is 12.9. The molecule has 0 N–H and O–H groups in total. The number of unbranched alkanes of at least 4 members (excludes halogenated alkanes) is 15. The molecule has 0 saturated heterocycles. The molecule has 0 aliphatic carbocycles. The van der Waals surface area contributed by atoms with E-state index in [1.807, 2.05) is 0 Å². The topological polar surface area (TPSA) is 44.8 Å². The SMILES string of the molecule is CCCCCCCCCCOP(=O)(OCCCCCCC)OCCCCCCC. The summed E-state index contributed by atoms with van der Waals surface area (Å²) in [6.07, 6.45) is 21.3. The van der Waals surface area contributed by atoms with Gasteiger partial charge in [-0.2, -0.15) is 0 Å². The van der Waals surface area contributed by atoms with Gasteiger partial charge in [0.25, 0.3) is 0 Å². The molecule has 0 aliphatic heterocycles. The van der Waals surface area contributed by atoms with Crippen LogP contribution in [0, 0.1) is 0 Å². The van der Waals surface area contributed by atoms with Crippen molar-refractivity contribution in [2.45, 2.75) is 136 Å². The van der Waals surface area contributed by atoms with E-state index in [1.165, 1.54) is 77.0 Å². The van der Waals surface area contributed by atoms with Crippen LogP contribution in [0.25, 0.3) is 0 Å². The van der Waals surface area contributed by atoms with E-state index in [4.69, 9.17) is 13.6 Å². The highest BCUT2D eigenvalue weighted by molar-refractivity contribution is 7.48. The summed E-state index contributed by atoms with van der Waals surface area (Å²) >= 11 is 0. The number of phosphoric ester groups is 1. The van der Waals surface area contributed by atoms with Gasteiger partial charge >= 0.3 is 7.82 Å². The molecule has 0 unspecified atom stereocenters. The Morgan fingerprint density at radius 2 is 0.655 bits per heavy atom. The van der Waals surface area contributed by atoms with Gasteiger partial charge in [0, 0.05) is 0 Å². The minimum absolute atomic E-state index is 0.467. The molecule has 0 bridgehead atoms. The molecule has 29 heavy (non-hydrogen) atoms. The summed E-state index contributed by atoms with van der Waals surface area (Å²) in [4.78, 5) is 0. The van der Waals surface area contributed by atoms with Crippen molar-refractivity contribution < 1.29 is 18.1 Å². The Kier molecular flexibility index (Phi) is 22.9. The van der Waals surface area contributed by atoms with E-state index in [9.17, 15) is 4.57 Å². The number of rotatable bonds is 24. The minimum atomic E-state index is -3.40. The van der Waals surface area contributed by atoms with Crippen LogP contribution in [-0.2, 0) is 18.1 Å². The van der Waals surface area contributed by atoms with Crippen LogP contribution in [0.5, 0.6) is 0 Å². The van der Waals surface area contributed by atoms with Crippen molar-refractivity contribution in [3.05, 3.63) is 0 Å². The van der Waals surface area contributed by atoms with Gasteiger partial charge in [0.15, 0.2) is 0 Å². The van der Waals surface area contributed by atoms with Gasteiger partial charge in [-0.25, -0.2) is 4.57 Å². The largest absolute Gasteiger partial charge is 0.474 e. The quantitative estimate of drug-likeness (QED) is 0.112. The monoisotopic (exact) mass is 434 g/mol. The second-order valence-corrected chi connectivity index (χ2v) is 9.92. The van der Waals surface area contributed by atoms with Crippen molar-refractivity contribution in [1.82, 2.24) is 0 Å². The van der Waals surface area contributed by atoms with Crippen molar-refractivity contribution in [3.63, 3.8) is 0 Å². The fourth-order valence-corrected chi connectivity index (χ4v) is 4.57. The van der Waals surface area contributed by atoms with Crippen molar-refractivity contribution >= 4 is 7.82 Å². The first kappa shape index (κ1) is 29.1. The van der Waals surface area contributed by atoms with Crippen LogP contribution in [-0.4, -0.2) is 19.8 Å². The van der Waals surface area contributed by atoms with Crippen molar-refractivity contribution in [2.75, 3.05) is 19.8 Å². The molecule has 5 heteroatoms. The molecule has 0 heterocycles. The number of phosphoric acid groups is 1. The lowest BCUT2D eigenvalue weighted by atomic mass is 10.1. The molecular weight excluding hydrogens is 383 g/mol. The minimum Gasteiger partial charge on any atom is -0.287 e. The molecule has 0 aromatic heterocycles. The third-order valence-electron chi connectivity index (χ3n) is 5.24. The molecule has 0 aromatic carbocycles. The van der Waals surface area contributed by atoms with E-state index in [-0.39, 0.29) is 0 Å². The molecule has 0 aromatic rings. The van der Waals surface area contributed by atoms with Crippen molar-refractivity contribution in [1.29, 1.82) is 0 Å². The predicted octanol–water partition coefficient (Wildman–Crippen LogP) is 9.23. The van der Waals surface area contributed by atoms with Crippen molar-refractivity contribution in [2.24, 2.45) is 0 Å². The van der Waals surface area contributed by atoms with Crippen LogP contribution in [0.3, 0.4) is 0 Å². The van der Waals surface area contributed by atoms with Crippen LogP contribution in [0.2, 0.25) is 0 Å². The summed E-state index contributed by atoms with van der Waals surface area (Å²) in [6.45, 7) is 8.06. The summed E-state index contributed by atoms with van der Waals surface area (Å²) in [5.74, 6) is 0. The van der Waals surface area contributed by atoms with Crippen molar-refractivity contribution in [3.8, 4) is 0 Å². The zero-order valence-electron chi connectivity index (χ0n) is 19.9. The van der Waals surface area contributed by atoms with Gasteiger partial charge in [0.05, 0.1) is 19.8 Å². The summed E-state index contributed by atoms with van der Waals surface area (Å²) < 4.78 is 29.8. The fraction of sp³-hybridized carbons (Fsp3) is 1.00. The maximum absolute atomic E-state index is 12.9. The first-order valence-electron chi connectivity index (χ1n) is 12.7. The number of hydrogen-bond donors (Lipinski definition) is 0. The van der Waals surface area contributed by atoms with Gasteiger partial charge in [-0.3, -0.25) is 13.6 Å². The fourth-order valence-electron chi connectivity index (χ4n) is 3.29. The molecule has 0 saturated carbocycles. The van der Waals surface area contributed by atoms with E-state index in [2.05, 4.69) is 20.8 Å². The summed E-state index contributed by atoms with van der Waals surface area (Å²) in [6, 6.07) is 0. The lowest BCUT2D eigenvalue weighted by Crippen LogP contribution is -2.04. The van der Waals surface area contributed by atoms with Gasteiger partial charge in [-0.05, 0) is 19.3 Å². The normalized spacial score (nSPS) is 12.0. The molecule has 0 radical (unpaired) electrons. The Labute approximate surface area is 182 Å². The molecule has 0 aliphatic rings. The van der Waals surface area contributed by atoms with Crippen LogP contribution < -0.4 is 0 Å². The first-order valence-corrected chi connectivity index (χ1v) is 14.2. The highest BCUT2D eigenvalue weighted by atomic mass is 31.2. The van der Waals surface area contributed by atoms with Crippen LogP contribution in [0.1, 0.15) is 136 Å². The molecule has 0 fully saturated rings. The second kappa shape index (κ2) is 22.8. The second-order valence-electron chi connectivity index (χ2n) is 8.25. The van der Waals surface area contributed by atoms with Crippen LogP contribution in [0.4, 0.5) is 0 Å². The van der Waals surface area contributed by atoms with Gasteiger partial charge < -0.3 is 0 Å². The lowest BCUT2D eigenvalue weighted by Gasteiger charge is -2.18. The molecule has 0 spiro atoms. The smallest absolute Gasteiger partial charge is 0.287 e. The maximum Gasteiger partial charge on any atom is 0.474 e. The zero-order valence-corrected chi connectivity index (χ0v) is 20.8. The van der Waals surface area contributed by atoms with Gasteiger partial charge in [-0.15, -0.1) is 0 Å². The highest BCUT2D eigenvalue weighted by Crippen LogP contribution is 2.50.